The lowest BCUT2D eigenvalue weighted by Crippen LogP contribution is -2.30. The van der Waals surface area contributed by atoms with Crippen LogP contribution >= 0.6 is 0 Å². The van der Waals surface area contributed by atoms with Gasteiger partial charge in [0.1, 0.15) is 5.82 Å². The molecule has 0 spiro atoms. The Labute approximate surface area is 101 Å². The Balaban J connectivity index is 2.05. The Morgan fingerprint density at radius 3 is 3.06 bits per heavy atom. The fraction of sp³-hybridized carbons (Fsp3) is 0.667. The number of hydrogen-bond acceptors (Lipinski definition) is 4. The third-order valence-electron chi connectivity index (χ3n) is 3.49. The number of nitrogens with zero attached hydrogens (tertiary/aromatic N) is 2. The molecular formula is C12H19N3O2. The van der Waals surface area contributed by atoms with E-state index in [1.54, 1.807) is 16.8 Å². The predicted octanol–water partition coefficient (Wildman–Crippen LogP) is 1.17. The maximum atomic E-state index is 11.6. The molecule has 1 aromatic heterocycles. The Hall–Kier alpha value is -1.36. The van der Waals surface area contributed by atoms with Crippen molar-refractivity contribution in [2.45, 2.75) is 51.4 Å². The van der Waals surface area contributed by atoms with E-state index in [0.29, 0.717) is 6.54 Å². The summed E-state index contributed by atoms with van der Waals surface area (Å²) in [6, 6.07) is 1.63. The maximum absolute atomic E-state index is 11.6. The van der Waals surface area contributed by atoms with Gasteiger partial charge in [0, 0.05) is 6.20 Å². The van der Waals surface area contributed by atoms with E-state index < -0.39 is 0 Å². The molecule has 0 bridgehead atoms. The molecule has 1 fully saturated rings. The summed E-state index contributed by atoms with van der Waals surface area (Å²) in [5, 5.41) is 0. The third kappa shape index (κ3) is 2.66. The molecular weight excluding hydrogens is 218 g/mol. The maximum Gasteiger partial charge on any atom is 0.349 e. The Kier molecular flexibility index (Phi) is 3.19. The first-order valence-electron chi connectivity index (χ1n) is 6.03. The molecule has 17 heavy (non-hydrogen) atoms. The van der Waals surface area contributed by atoms with Crippen LogP contribution in [0.1, 0.15) is 33.1 Å². The highest BCUT2D eigenvalue weighted by molar-refractivity contribution is 5.23. The molecule has 2 heterocycles. The first-order chi connectivity index (χ1) is 8.02. The van der Waals surface area contributed by atoms with Crippen LogP contribution in [0, 0.1) is 0 Å². The van der Waals surface area contributed by atoms with E-state index in [2.05, 4.69) is 18.8 Å². The summed E-state index contributed by atoms with van der Waals surface area (Å²) in [6.07, 6.45) is 4.81. The number of rotatable bonds is 3. The Morgan fingerprint density at radius 1 is 1.71 bits per heavy atom. The van der Waals surface area contributed by atoms with Crippen LogP contribution in [-0.4, -0.2) is 21.3 Å². The van der Waals surface area contributed by atoms with Gasteiger partial charge in [-0.05, 0) is 32.3 Å². The number of anilines is 1. The van der Waals surface area contributed by atoms with Crippen LogP contribution in [0.25, 0.3) is 0 Å². The molecule has 1 aliphatic rings. The van der Waals surface area contributed by atoms with Crippen molar-refractivity contribution in [3.63, 3.8) is 0 Å². The minimum atomic E-state index is -0.307. The van der Waals surface area contributed by atoms with Crippen molar-refractivity contribution < 1.29 is 4.74 Å². The van der Waals surface area contributed by atoms with Gasteiger partial charge in [0.05, 0.1) is 18.2 Å². The van der Waals surface area contributed by atoms with Gasteiger partial charge in [0.2, 0.25) is 0 Å². The normalized spacial score (nSPS) is 28.5. The zero-order valence-electron chi connectivity index (χ0n) is 10.3. The molecule has 5 heteroatoms. The van der Waals surface area contributed by atoms with E-state index >= 15 is 0 Å². The molecule has 0 aliphatic carbocycles. The van der Waals surface area contributed by atoms with Gasteiger partial charge in [-0.3, -0.25) is 4.57 Å². The summed E-state index contributed by atoms with van der Waals surface area (Å²) in [5.41, 5.74) is 5.11. The predicted molar refractivity (Wildman–Crippen MR) is 65.7 cm³/mol. The minimum Gasteiger partial charge on any atom is -0.383 e. The monoisotopic (exact) mass is 237 g/mol. The molecule has 5 nitrogen and oxygen atoms in total. The SMILES string of the molecule is CC[C@]1(C)CC[C@H](Cn2ccc(N)nc2=O)O1. The molecule has 94 valence electrons. The molecule has 0 saturated carbocycles. The molecule has 1 aliphatic heterocycles. The van der Waals surface area contributed by atoms with E-state index in [-0.39, 0.29) is 23.2 Å². The molecule has 0 amide bonds. The standard InChI is InChI=1S/C12H19N3O2/c1-3-12(2)6-4-9(17-12)8-15-7-5-10(13)14-11(15)16/h5,7,9H,3-4,6,8H2,1-2H3,(H2,13,14,16)/t9-,12-/m1/s1. The quantitative estimate of drug-likeness (QED) is 0.856. The average Bonchev–Trinajstić information content (AvgIpc) is 2.66. The summed E-state index contributed by atoms with van der Waals surface area (Å²) in [5.74, 6) is 0.261. The van der Waals surface area contributed by atoms with Crippen molar-refractivity contribution in [1.82, 2.24) is 9.55 Å². The molecule has 1 saturated heterocycles. The van der Waals surface area contributed by atoms with Crippen LogP contribution in [0.3, 0.4) is 0 Å². The topological polar surface area (TPSA) is 70.1 Å². The number of hydrogen-bond donors (Lipinski definition) is 1. The molecule has 2 atom stereocenters. The largest absolute Gasteiger partial charge is 0.383 e. The number of nitrogen functional groups attached to an aromatic ring is 1. The second-order valence-corrected chi connectivity index (χ2v) is 4.87. The lowest BCUT2D eigenvalue weighted by molar-refractivity contribution is -0.0368. The molecule has 1 aromatic rings. The molecule has 0 unspecified atom stereocenters. The van der Waals surface area contributed by atoms with Gasteiger partial charge in [-0.1, -0.05) is 6.92 Å². The van der Waals surface area contributed by atoms with Crippen LogP contribution in [0.4, 0.5) is 5.82 Å². The van der Waals surface area contributed by atoms with Gasteiger partial charge in [0.15, 0.2) is 0 Å². The van der Waals surface area contributed by atoms with Crippen LogP contribution in [0.2, 0.25) is 0 Å². The third-order valence-corrected chi connectivity index (χ3v) is 3.49. The van der Waals surface area contributed by atoms with E-state index in [1.807, 2.05) is 0 Å². The number of aromatic nitrogens is 2. The Morgan fingerprint density at radius 2 is 2.47 bits per heavy atom. The second kappa shape index (κ2) is 4.49. The number of nitrogens with two attached hydrogens (primary N) is 1. The summed E-state index contributed by atoms with van der Waals surface area (Å²) in [4.78, 5) is 15.3. The average molecular weight is 237 g/mol. The highest BCUT2D eigenvalue weighted by atomic mass is 16.5. The lowest BCUT2D eigenvalue weighted by atomic mass is 9.99. The van der Waals surface area contributed by atoms with Crippen LogP contribution in [0.15, 0.2) is 17.1 Å². The molecule has 0 aromatic carbocycles. The Bertz CT molecular complexity index is 457. The van der Waals surface area contributed by atoms with Gasteiger partial charge in [-0.2, -0.15) is 4.98 Å². The second-order valence-electron chi connectivity index (χ2n) is 4.87. The smallest absolute Gasteiger partial charge is 0.349 e. The van der Waals surface area contributed by atoms with E-state index in [4.69, 9.17) is 10.5 Å². The van der Waals surface area contributed by atoms with Gasteiger partial charge < -0.3 is 10.5 Å². The highest BCUT2D eigenvalue weighted by Crippen LogP contribution is 2.32. The summed E-state index contributed by atoms with van der Waals surface area (Å²) >= 11 is 0. The highest BCUT2D eigenvalue weighted by Gasteiger charge is 2.34. The van der Waals surface area contributed by atoms with Gasteiger partial charge in [0.25, 0.3) is 0 Å². The fourth-order valence-corrected chi connectivity index (χ4v) is 2.18. The van der Waals surface area contributed by atoms with Crippen LogP contribution in [-0.2, 0) is 11.3 Å². The van der Waals surface area contributed by atoms with Gasteiger partial charge in [-0.25, -0.2) is 4.79 Å². The van der Waals surface area contributed by atoms with Crippen LogP contribution in [0.5, 0.6) is 0 Å². The van der Waals surface area contributed by atoms with Crippen molar-refractivity contribution >= 4 is 5.82 Å². The lowest BCUT2D eigenvalue weighted by Gasteiger charge is -2.23. The van der Waals surface area contributed by atoms with Gasteiger partial charge >= 0.3 is 5.69 Å². The molecule has 2 N–H and O–H groups in total. The number of ether oxygens (including phenoxy) is 1. The fourth-order valence-electron chi connectivity index (χ4n) is 2.18. The van der Waals surface area contributed by atoms with Crippen LogP contribution < -0.4 is 11.4 Å². The van der Waals surface area contributed by atoms with Crippen molar-refractivity contribution in [3.8, 4) is 0 Å². The van der Waals surface area contributed by atoms with Gasteiger partial charge in [-0.15, -0.1) is 0 Å². The summed E-state index contributed by atoms with van der Waals surface area (Å²) in [6.45, 7) is 4.80. The minimum absolute atomic E-state index is 0.0322. The van der Waals surface area contributed by atoms with E-state index in [9.17, 15) is 4.79 Å². The molecule has 0 radical (unpaired) electrons. The molecule has 2 rings (SSSR count). The van der Waals surface area contributed by atoms with E-state index in [0.717, 1.165) is 19.3 Å². The zero-order chi connectivity index (χ0) is 12.5. The van der Waals surface area contributed by atoms with Crippen molar-refractivity contribution in [2.75, 3.05) is 5.73 Å². The van der Waals surface area contributed by atoms with E-state index in [1.165, 1.54) is 0 Å². The van der Waals surface area contributed by atoms with Crippen molar-refractivity contribution in [1.29, 1.82) is 0 Å². The van der Waals surface area contributed by atoms with Crippen molar-refractivity contribution in [2.24, 2.45) is 0 Å². The first kappa shape index (κ1) is 12.1. The summed E-state index contributed by atoms with van der Waals surface area (Å²) < 4.78 is 7.53. The first-order valence-corrected chi connectivity index (χ1v) is 6.03. The summed E-state index contributed by atoms with van der Waals surface area (Å²) in [7, 11) is 0. The zero-order valence-corrected chi connectivity index (χ0v) is 10.3. The van der Waals surface area contributed by atoms with Crippen molar-refractivity contribution in [3.05, 3.63) is 22.7 Å².